The van der Waals surface area contributed by atoms with E-state index in [0.29, 0.717) is 0 Å². The standard InChI is InChI=1S/C16H22O/c1-2-3-4-5-6-7-11-14-17-15-16-12-9-8-10-13-16/h1,8-10,12-13H,3-7,11,14-15H2. The Hall–Kier alpha value is -1.26. The molecule has 0 saturated carbocycles. The summed E-state index contributed by atoms with van der Waals surface area (Å²) in [5.41, 5.74) is 1.25. The fourth-order valence-corrected chi connectivity index (χ4v) is 1.73. The van der Waals surface area contributed by atoms with Crippen molar-refractivity contribution in [1.29, 1.82) is 0 Å². The average Bonchev–Trinajstić information content (AvgIpc) is 2.38. The van der Waals surface area contributed by atoms with Crippen LogP contribution in [-0.2, 0) is 11.3 Å². The van der Waals surface area contributed by atoms with Crippen LogP contribution in [-0.4, -0.2) is 6.61 Å². The molecule has 1 rings (SSSR count). The van der Waals surface area contributed by atoms with Gasteiger partial charge in [-0.3, -0.25) is 0 Å². The van der Waals surface area contributed by atoms with Crippen molar-refractivity contribution in [2.75, 3.05) is 6.61 Å². The average molecular weight is 230 g/mol. The molecule has 1 heteroatoms. The van der Waals surface area contributed by atoms with Crippen molar-refractivity contribution < 1.29 is 4.74 Å². The van der Waals surface area contributed by atoms with Gasteiger partial charge in [0.2, 0.25) is 0 Å². The van der Waals surface area contributed by atoms with Crippen molar-refractivity contribution in [3.05, 3.63) is 35.9 Å². The van der Waals surface area contributed by atoms with Gasteiger partial charge in [0.15, 0.2) is 0 Å². The number of benzene rings is 1. The molecule has 17 heavy (non-hydrogen) atoms. The fourth-order valence-electron chi connectivity index (χ4n) is 1.73. The zero-order valence-corrected chi connectivity index (χ0v) is 10.5. The number of terminal acetylenes is 1. The topological polar surface area (TPSA) is 9.23 Å². The van der Waals surface area contributed by atoms with E-state index >= 15 is 0 Å². The van der Waals surface area contributed by atoms with Crippen molar-refractivity contribution in [2.24, 2.45) is 0 Å². The second-order valence-corrected chi connectivity index (χ2v) is 4.26. The zero-order valence-electron chi connectivity index (χ0n) is 10.5. The maximum atomic E-state index is 5.62. The zero-order chi connectivity index (χ0) is 12.2. The molecule has 0 aromatic heterocycles. The molecule has 0 aliphatic rings. The molecule has 0 heterocycles. The van der Waals surface area contributed by atoms with Gasteiger partial charge in [0, 0.05) is 13.0 Å². The van der Waals surface area contributed by atoms with Gasteiger partial charge in [-0.05, 0) is 18.4 Å². The highest BCUT2D eigenvalue weighted by Gasteiger charge is 1.93. The van der Waals surface area contributed by atoms with Crippen LogP contribution < -0.4 is 0 Å². The first-order chi connectivity index (χ1) is 8.43. The van der Waals surface area contributed by atoms with Gasteiger partial charge in [-0.25, -0.2) is 0 Å². The van der Waals surface area contributed by atoms with Gasteiger partial charge in [0.1, 0.15) is 0 Å². The van der Waals surface area contributed by atoms with Gasteiger partial charge in [-0.15, -0.1) is 12.3 Å². The molecule has 0 radical (unpaired) electrons. The highest BCUT2D eigenvalue weighted by molar-refractivity contribution is 5.13. The molecule has 0 spiro atoms. The second kappa shape index (κ2) is 9.93. The molecule has 0 saturated heterocycles. The Morgan fingerprint density at radius 2 is 1.65 bits per heavy atom. The lowest BCUT2D eigenvalue weighted by molar-refractivity contribution is 0.116. The molecular formula is C16H22O. The third-order valence-electron chi connectivity index (χ3n) is 2.72. The number of unbranched alkanes of at least 4 members (excludes halogenated alkanes) is 5. The monoisotopic (exact) mass is 230 g/mol. The third-order valence-corrected chi connectivity index (χ3v) is 2.72. The van der Waals surface area contributed by atoms with Crippen molar-refractivity contribution >= 4 is 0 Å². The number of rotatable bonds is 9. The predicted octanol–water partition coefficient (Wildman–Crippen LogP) is 4.18. The Bertz CT molecular complexity index is 310. The van der Waals surface area contributed by atoms with Crippen molar-refractivity contribution in [1.82, 2.24) is 0 Å². The summed E-state index contributed by atoms with van der Waals surface area (Å²) in [6.07, 6.45) is 12.2. The quantitative estimate of drug-likeness (QED) is 0.457. The van der Waals surface area contributed by atoms with E-state index in [4.69, 9.17) is 11.2 Å². The van der Waals surface area contributed by atoms with Crippen LogP contribution in [0, 0.1) is 12.3 Å². The van der Waals surface area contributed by atoms with Crippen molar-refractivity contribution in [3.63, 3.8) is 0 Å². The molecule has 0 N–H and O–H groups in total. The van der Waals surface area contributed by atoms with Crippen LogP contribution >= 0.6 is 0 Å². The highest BCUT2D eigenvalue weighted by Crippen LogP contribution is 2.06. The number of ether oxygens (including phenoxy) is 1. The summed E-state index contributed by atoms with van der Waals surface area (Å²) in [6.45, 7) is 1.60. The molecule has 1 aromatic rings. The lowest BCUT2D eigenvalue weighted by Gasteiger charge is -2.04. The molecule has 0 aliphatic heterocycles. The summed E-state index contributed by atoms with van der Waals surface area (Å²) in [4.78, 5) is 0. The van der Waals surface area contributed by atoms with E-state index in [0.717, 1.165) is 26.1 Å². The van der Waals surface area contributed by atoms with Crippen LogP contribution in [0.3, 0.4) is 0 Å². The van der Waals surface area contributed by atoms with E-state index in [9.17, 15) is 0 Å². The minimum atomic E-state index is 0.734. The highest BCUT2D eigenvalue weighted by atomic mass is 16.5. The lowest BCUT2D eigenvalue weighted by Crippen LogP contribution is -1.95. The van der Waals surface area contributed by atoms with Gasteiger partial charge in [0.05, 0.1) is 6.61 Å². The molecule has 1 nitrogen and oxygen atoms in total. The smallest absolute Gasteiger partial charge is 0.0716 e. The summed E-state index contributed by atoms with van der Waals surface area (Å²) in [5.74, 6) is 2.67. The van der Waals surface area contributed by atoms with E-state index < -0.39 is 0 Å². The Kier molecular flexibility index (Phi) is 8.06. The second-order valence-electron chi connectivity index (χ2n) is 4.26. The first-order valence-corrected chi connectivity index (χ1v) is 6.48. The van der Waals surface area contributed by atoms with Gasteiger partial charge >= 0.3 is 0 Å². The largest absolute Gasteiger partial charge is 0.377 e. The van der Waals surface area contributed by atoms with E-state index in [1.165, 1.54) is 31.2 Å². The summed E-state index contributed by atoms with van der Waals surface area (Å²) < 4.78 is 5.62. The molecule has 1 aromatic carbocycles. The van der Waals surface area contributed by atoms with E-state index in [2.05, 4.69) is 18.1 Å². The molecule has 92 valence electrons. The fraction of sp³-hybridized carbons (Fsp3) is 0.500. The van der Waals surface area contributed by atoms with Crippen LogP contribution in [0.15, 0.2) is 30.3 Å². The lowest BCUT2D eigenvalue weighted by atomic mass is 10.1. The van der Waals surface area contributed by atoms with Gasteiger partial charge in [-0.2, -0.15) is 0 Å². The van der Waals surface area contributed by atoms with Crippen molar-refractivity contribution in [3.8, 4) is 12.3 Å². The minimum absolute atomic E-state index is 0.734. The normalized spacial score (nSPS) is 10.1. The molecular weight excluding hydrogens is 208 g/mol. The van der Waals surface area contributed by atoms with E-state index in [1.54, 1.807) is 0 Å². The Morgan fingerprint density at radius 1 is 0.941 bits per heavy atom. The molecule has 0 aliphatic carbocycles. The van der Waals surface area contributed by atoms with Crippen LogP contribution in [0.5, 0.6) is 0 Å². The Labute approximate surface area is 105 Å². The van der Waals surface area contributed by atoms with Gasteiger partial charge in [-0.1, -0.05) is 49.6 Å². The first kappa shape index (κ1) is 13.8. The maximum absolute atomic E-state index is 5.62. The molecule has 0 bridgehead atoms. The summed E-state index contributed by atoms with van der Waals surface area (Å²) in [7, 11) is 0. The van der Waals surface area contributed by atoms with Crippen molar-refractivity contribution in [2.45, 2.75) is 45.1 Å². The van der Waals surface area contributed by atoms with Crippen LogP contribution in [0.2, 0.25) is 0 Å². The van der Waals surface area contributed by atoms with Gasteiger partial charge < -0.3 is 4.74 Å². The number of hydrogen-bond acceptors (Lipinski definition) is 1. The van der Waals surface area contributed by atoms with Crippen LogP contribution in [0.25, 0.3) is 0 Å². The summed E-state index contributed by atoms with van der Waals surface area (Å²) >= 11 is 0. The van der Waals surface area contributed by atoms with Crippen LogP contribution in [0.4, 0.5) is 0 Å². The third kappa shape index (κ3) is 7.60. The molecule has 0 amide bonds. The summed E-state index contributed by atoms with van der Waals surface area (Å²) in [5, 5.41) is 0. The minimum Gasteiger partial charge on any atom is -0.377 e. The van der Waals surface area contributed by atoms with E-state index in [1.807, 2.05) is 18.2 Å². The first-order valence-electron chi connectivity index (χ1n) is 6.48. The molecule has 0 unspecified atom stereocenters. The predicted molar refractivity (Wildman–Crippen MR) is 72.6 cm³/mol. The Balaban J connectivity index is 1.87. The summed E-state index contributed by atoms with van der Waals surface area (Å²) in [6, 6.07) is 10.3. The Morgan fingerprint density at radius 3 is 2.41 bits per heavy atom. The molecule has 0 fully saturated rings. The SMILES string of the molecule is C#CCCCCCCCOCc1ccccc1. The maximum Gasteiger partial charge on any atom is 0.0716 e. The van der Waals surface area contributed by atoms with Crippen LogP contribution in [0.1, 0.15) is 44.1 Å². The van der Waals surface area contributed by atoms with Gasteiger partial charge in [0.25, 0.3) is 0 Å². The number of hydrogen-bond donors (Lipinski definition) is 0. The molecule has 0 atom stereocenters. The van der Waals surface area contributed by atoms with E-state index in [-0.39, 0.29) is 0 Å².